The van der Waals surface area contributed by atoms with E-state index in [1.807, 2.05) is 19.1 Å². The average Bonchev–Trinajstić information content (AvgIpc) is 2.01. The summed E-state index contributed by atoms with van der Waals surface area (Å²) in [4.78, 5) is 21.5. The van der Waals surface area contributed by atoms with Crippen LogP contribution >= 0.6 is 0 Å². The van der Waals surface area contributed by atoms with Crippen LogP contribution in [0.3, 0.4) is 0 Å². The van der Waals surface area contributed by atoms with Gasteiger partial charge in [-0.1, -0.05) is 12.2 Å². The normalized spacial score (nSPS) is 10.5. The summed E-state index contributed by atoms with van der Waals surface area (Å²) < 4.78 is 0. The zero-order chi connectivity index (χ0) is 9.40. The molecule has 0 saturated heterocycles. The number of hydrogen-bond donors (Lipinski definition) is 0. The lowest BCUT2D eigenvalue weighted by Gasteiger charge is -1.95. The number of ketones is 2. The van der Waals surface area contributed by atoms with Gasteiger partial charge in [0.05, 0.1) is 0 Å². The predicted molar refractivity (Wildman–Crippen MR) is 49.0 cm³/mol. The van der Waals surface area contributed by atoms with Gasteiger partial charge >= 0.3 is 0 Å². The molecule has 0 aliphatic carbocycles. The molecule has 0 heterocycles. The highest BCUT2D eigenvalue weighted by Gasteiger charge is 2.01. The van der Waals surface area contributed by atoms with Gasteiger partial charge in [0.25, 0.3) is 0 Å². The minimum Gasteiger partial charge on any atom is -0.300 e. The largest absolute Gasteiger partial charge is 0.300 e. The minimum atomic E-state index is 0.0920. The van der Waals surface area contributed by atoms with Gasteiger partial charge in [0.1, 0.15) is 11.6 Å². The molecule has 0 aliphatic heterocycles. The van der Waals surface area contributed by atoms with Gasteiger partial charge in [-0.25, -0.2) is 0 Å². The van der Waals surface area contributed by atoms with E-state index in [1.54, 1.807) is 0 Å². The van der Waals surface area contributed by atoms with E-state index in [0.29, 0.717) is 19.3 Å². The van der Waals surface area contributed by atoms with Crippen LogP contribution in [0.2, 0.25) is 0 Å². The van der Waals surface area contributed by atoms with Gasteiger partial charge in [0, 0.05) is 19.3 Å². The van der Waals surface area contributed by atoms with Gasteiger partial charge < -0.3 is 4.79 Å². The Morgan fingerprint density at radius 3 is 2.33 bits per heavy atom. The Hall–Kier alpha value is -0.920. The molecule has 0 unspecified atom stereocenters. The Morgan fingerprint density at radius 2 is 1.83 bits per heavy atom. The van der Waals surface area contributed by atoms with Gasteiger partial charge in [0.15, 0.2) is 0 Å². The first-order valence-electron chi connectivity index (χ1n) is 4.29. The Morgan fingerprint density at radius 1 is 1.17 bits per heavy atom. The zero-order valence-electron chi connectivity index (χ0n) is 7.80. The molecule has 2 heteroatoms. The second-order valence-electron chi connectivity index (χ2n) is 2.85. The second kappa shape index (κ2) is 6.77. The van der Waals surface area contributed by atoms with E-state index in [9.17, 15) is 9.59 Å². The topological polar surface area (TPSA) is 34.1 Å². The molecular weight excluding hydrogens is 152 g/mol. The fourth-order valence-electron chi connectivity index (χ4n) is 0.851. The third-order valence-electron chi connectivity index (χ3n) is 1.58. The maximum Gasteiger partial charge on any atom is 0.133 e. The van der Waals surface area contributed by atoms with Crippen molar-refractivity contribution in [2.45, 2.75) is 39.5 Å². The summed E-state index contributed by atoms with van der Waals surface area (Å²) in [6.07, 6.45) is 6.07. The molecule has 2 nitrogen and oxygen atoms in total. The molecule has 0 saturated carbocycles. The van der Waals surface area contributed by atoms with Crippen LogP contribution in [0, 0.1) is 0 Å². The van der Waals surface area contributed by atoms with Crippen molar-refractivity contribution < 1.29 is 9.59 Å². The van der Waals surface area contributed by atoms with E-state index < -0.39 is 0 Å². The van der Waals surface area contributed by atoms with Crippen molar-refractivity contribution in [3.63, 3.8) is 0 Å². The minimum absolute atomic E-state index is 0.0920. The third kappa shape index (κ3) is 7.19. The van der Waals surface area contributed by atoms with Crippen molar-refractivity contribution in [3.05, 3.63) is 12.2 Å². The van der Waals surface area contributed by atoms with Crippen molar-refractivity contribution in [2.75, 3.05) is 0 Å². The molecule has 0 aromatic rings. The van der Waals surface area contributed by atoms with Crippen LogP contribution < -0.4 is 0 Å². The highest BCUT2D eigenvalue weighted by molar-refractivity contribution is 5.84. The average molecular weight is 168 g/mol. The maximum atomic E-state index is 11.0. The lowest BCUT2D eigenvalue weighted by atomic mass is 10.1. The van der Waals surface area contributed by atoms with E-state index in [4.69, 9.17) is 0 Å². The van der Waals surface area contributed by atoms with E-state index in [2.05, 4.69) is 0 Å². The first-order chi connectivity index (χ1) is 5.66. The van der Waals surface area contributed by atoms with Crippen molar-refractivity contribution in [3.8, 4) is 0 Å². The number of carbonyl (C=O) groups is 2. The number of hydrogen-bond acceptors (Lipinski definition) is 2. The van der Waals surface area contributed by atoms with Gasteiger partial charge in [-0.3, -0.25) is 4.79 Å². The van der Waals surface area contributed by atoms with Crippen LogP contribution in [-0.4, -0.2) is 11.6 Å². The molecule has 0 rings (SSSR count). The van der Waals surface area contributed by atoms with Crippen LogP contribution in [0.5, 0.6) is 0 Å². The number of carbonyl (C=O) groups excluding carboxylic acids is 2. The summed E-state index contributed by atoms with van der Waals surface area (Å²) in [5.74, 6) is 0.276. The molecule has 0 aliphatic rings. The van der Waals surface area contributed by atoms with Crippen LogP contribution in [0.15, 0.2) is 12.2 Å². The molecule has 0 N–H and O–H groups in total. The van der Waals surface area contributed by atoms with Crippen LogP contribution in [0.4, 0.5) is 0 Å². The summed E-state index contributed by atoms with van der Waals surface area (Å²) >= 11 is 0. The van der Waals surface area contributed by atoms with Crippen molar-refractivity contribution in [1.29, 1.82) is 0 Å². The Labute approximate surface area is 73.7 Å². The van der Waals surface area contributed by atoms with Gasteiger partial charge in [-0.05, 0) is 20.3 Å². The molecule has 12 heavy (non-hydrogen) atoms. The summed E-state index contributed by atoms with van der Waals surface area (Å²) in [6.45, 7) is 3.44. The molecule has 68 valence electrons. The third-order valence-corrected chi connectivity index (χ3v) is 1.58. The summed E-state index contributed by atoms with van der Waals surface area (Å²) in [6, 6.07) is 0. The first-order valence-corrected chi connectivity index (χ1v) is 4.29. The van der Waals surface area contributed by atoms with E-state index >= 15 is 0 Å². The maximum absolute atomic E-state index is 11.0. The van der Waals surface area contributed by atoms with Crippen LogP contribution in [-0.2, 0) is 9.59 Å². The van der Waals surface area contributed by atoms with Gasteiger partial charge in [0.2, 0.25) is 0 Å². The lowest BCUT2D eigenvalue weighted by molar-refractivity contribution is -0.123. The molecule has 0 atom stereocenters. The monoisotopic (exact) mass is 168 g/mol. The molecule has 0 amide bonds. The predicted octanol–water partition coefficient (Wildman–Crippen LogP) is 2.28. The Balaban J connectivity index is 3.40. The van der Waals surface area contributed by atoms with Crippen molar-refractivity contribution >= 4 is 11.6 Å². The smallest absolute Gasteiger partial charge is 0.133 e. The highest BCUT2D eigenvalue weighted by atomic mass is 16.1. The fraction of sp³-hybridized carbons (Fsp3) is 0.600. The lowest BCUT2D eigenvalue weighted by Crippen LogP contribution is -2.00. The van der Waals surface area contributed by atoms with Gasteiger partial charge in [-0.2, -0.15) is 0 Å². The Bertz CT molecular complexity index is 180. The molecule has 0 spiro atoms. The summed E-state index contributed by atoms with van der Waals surface area (Å²) in [7, 11) is 0. The van der Waals surface area contributed by atoms with E-state index in [0.717, 1.165) is 6.42 Å². The number of allylic oxidation sites excluding steroid dienone is 2. The fourth-order valence-corrected chi connectivity index (χ4v) is 0.851. The molecule has 0 bridgehead atoms. The van der Waals surface area contributed by atoms with Crippen LogP contribution in [0.1, 0.15) is 39.5 Å². The summed E-state index contributed by atoms with van der Waals surface area (Å²) in [5, 5.41) is 0. The molecule has 0 radical (unpaired) electrons. The van der Waals surface area contributed by atoms with Gasteiger partial charge in [-0.15, -0.1) is 0 Å². The molecule has 0 aromatic heterocycles. The van der Waals surface area contributed by atoms with E-state index in [1.165, 1.54) is 6.92 Å². The van der Waals surface area contributed by atoms with Crippen molar-refractivity contribution in [2.24, 2.45) is 0 Å². The first kappa shape index (κ1) is 11.1. The zero-order valence-corrected chi connectivity index (χ0v) is 7.80. The summed E-state index contributed by atoms with van der Waals surface area (Å²) in [5.41, 5.74) is 0. The van der Waals surface area contributed by atoms with Crippen molar-refractivity contribution in [1.82, 2.24) is 0 Å². The van der Waals surface area contributed by atoms with E-state index in [-0.39, 0.29) is 11.6 Å². The quantitative estimate of drug-likeness (QED) is 0.570. The highest BCUT2D eigenvalue weighted by Crippen LogP contribution is 1.99. The molecule has 0 fully saturated rings. The Kier molecular flexibility index (Phi) is 6.25. The molecule has 0 aromatic carbocycles. The second-order valence-corrected chi connectivity index (χ2v) is 2.85. The number of rotatable bonds is 6. The number of Topliss-reactive ketones (excluding diaryl/α,β-unsaturated/α-hetero) is 2. The standard InChI is InChI=1S/C10H16O2/c1-3-4-5-6-10(12)8-7-9(2)11/h3-4H,5-8H2,1-2H3/b4-3-. The molecular formula is C10H16O2. The SMILES string of the molecule is C/C=C\CCC(=O)CCC(C)=O. The van der Waals surface area contributed by atoms with Crippen LogP contribution in [0.25, 0.3) is 0 Å².